The minimum Gasteiger partial charge on any atom is -0.381 e. The molecule has 1 fully saturated rings. The summed E-state index contributed by atoms with van der Waals surface area (Å²) in [4.78, 5) is 22.2. The Bertz CT molecular complexity index is 261. The number of nitrogens with one attached hydrogen (secondary N) is 2. The Morgan fingerprint density at radius 2 is 2.33 bits per heavy atom. The van der Waals surface area contributed by atoms with Gasteiger partial charge in [-0.2, -0.15) is 0 Å². The van der Waals surface area contributed by atoms with E-state index in [4.69, 9.17) is 10.8 Å². The van der Waals surface area contributed by atoms with E-state index in [0.29, 0.717) is 6.54 Å². The van der Waals surface area contributed by atoms with Crippen LogP contribution in [0.4, 0.5) is 0 Å². The lowest BCUT2D eigenvalue weighted by atomic mass is 9.89. The van der Waals surface area contributed by atoms with Crippen molar-refractivity contribution < 1.29 is 14.7 Å². The molecular weight excluding hydrogens is 198 g/mol. The van der Waals surface area contributed by atoms with Crippen LogP contribution < -0.4 is 16.4 Å². The normalized spacial score (nSPS) is 27.3. The Hall–Kier alpha value is -1.14. The van der Waals surface area contributed by atoms with Gasteiger partial charge in [-0.3, -0.25) is 9.59 Å². The quantitative estimate of drug-likeness (QED) is 0.433. The molecule has 15 heavy (non-hydrogen) atoms. The number of nitrogens with two attached hydrogens (primary N) is 1. The van der Waals surface area contributed by atoms with Crippen LogP contribution >= 0.6 is 0 Å². The zero-order chi connectivity index (χ0) is 11.5. The summed E-state index contributed by atoms with van der Waals surface area (Å²) in [6, 6.07) is 0. The zero-order valence-corrected chi connectivity index (χ0v) is 8.75. The fourth-order valence-corrected chi connectivity index (χ4v) is 1.51. The van der Waals surface area contributed by atoms with Gasteiger partial charge in [-0.05, 0) is 19.9 Å². The van der Waals surface area contributed by atoms with E-state index in [1.165, 1.54) is 0 Å². The maximum absolute atomic E-state index is 11.7. The van der Waals surface area contributed by atoms with Crippen LogP contribution in [-0.4, -0.2) is 42.7 Å². The molecule has 0 saturated carbocycles. The smallest absolute Gasteiger partial charge is 0.248 e. The lowest BCUT2D eigenvalue weighted by Crippen LogP contribution is -2.46. The van der Waals surface area contributed by atoms with E-state index in [2.05, 4.69) is 10.6 Å². The minimum absolute atomic E-state index is 0.121. The van der Waals surface area contributed by atoms with Crippen molar-refractivity contribution in [3.05, 3.63) is 0 Å². The van der Waals surface area contributed by atoms with Gasteiger partial charge in [0.1, 0.15) is 6.10 Å². The molecule has 1 rings (SSSR count). The molecule has 0 aromatic carbocycles. The van der Waals surface area contributed by atoms with Gasteiger partial charge < -0.3 is 21.5 Å². The van der Waals surface area contributed by atoms with E-state index in [9.17, 15) is 9.59 Å². The van der Waals surface area contributed by atoms with Gasteiger partial charge in [0.25, 0.3) is 0 Å². The number of carbonyl (C=O) groups is 2. The lowest BCUT2D eigenvalue weighted by Gasteiger charge is -2.21. The highest BCUT2D eigenvalue weighted by Crippen LogP contribution is 2.24. The summed E-state index contributed by atoms with van der Waals surface area (Å²) in [6.45, 7) is 3.15. The van der Waals surface area contributed by atoms with Gasteiger partial charge in [-0.1, -0.05) is 0 Å². The largest absolute Gasteiger partial charge is 0.381 e. The standard InChI is InChI=1S/C9H17N3O3/c1-9(2-3-11-5-9)8(15)12-4-6(13)7(10)14/h6,11,13H,2-5H2,1H3,(H2,10,14)(H,12,15). The fraction of sp³-hybridized carbons (Fsp3) is 0.778. The number of hydrogen-bond acceptors (Lipinski definition) is 4. The van der Waals surface area contributed by atoms with Crippen LogP contribution in [0.3, 0.4) is 0 Å². The Morgan fingerprint density at radius 3 is 2.80 bits per heavy atom. The summed E-state index contributed by atoms with van der Waals surface area (Å²) in [5.74, 6) is -0.988. The highest BCUT2D eigenvalue weighted by atomic mass is 16.3. The van der Waals surface area contributed by atoms with Gasteiger partial charge in [0.15, 0.2) is 0 Å². The van der Waals surface area contributed by atoms with Crippen molar-refractivity contribution in [1.82, 2.24) is 10.6 Å². The number of primary amides is 1. The van der Waals surface area contributed by atoms with Crippen LogP contribution in [0.15, 0.2) is 0 Å². The van der Waals surface area contributed by atoms with Crippen LogP contribution in [0.1, 0.15) is 13.3 Å². The summed E-state index contributed by atoms with van der Waals surface area (Å²) < 4.78 is 0. The fourth-order valence-electron chi connectivity index (χ4n) is 1.51. The van der Waals surface area contributed by atoms with Crippen molar-refractivity contribution in [3.63, 3.8) is 0 Å². The maximum Gasteiger partial charge on any atom is 0.248 e. The first-order valence-electron chi connectivity index (χ1n) is 4.92. The number of rotatable bonds is 4. The van der Waals surface area contributed by atoms with E-state index in [1.54, 1.807) is 0 Å². The molecule has 6 nitrogen and oxygen atoms in total. The Labute approximate surface area is 88.2 Å². The van der Waals surface area contributed by atoms with Crippen molar-refractivity contribution >= 4 is 11.8 Å². The molecule has 0 aliphatic carbocycles. The number of amides is 2. The van der Waals surface area contributed by atoms with E-state index >= 15 is 0 Å². The summed E-state index contributed by atoms with van der Waals surface area (Å²) in [5, 5.41) is 14.7. The first kappa shape index (κ1) is 11.9. The van der Waals surface area contributed by atoms with Gasteiger partial charge in [0.2, 0.25) is 11.8 Å². The van der Waals surface area contributed by atoms with Crippen LogP contribution in [0.2, 0.25) is 0 Å². The second kappa shape index (κ2) is 4.59. The second-order valence-electron chi connectivity index (χ2n) is 4.12. The van der Waals surface area contributed by atoms with Crippen LogP contribution in [-0.2, 0) is 9.59 Å². The molecule has 0 spiro atoms. The van der Waals surface area contributed by atoms with Crippen molar-refractivity contribution in [2.75, 3.05) is 19.6 Å². The SMILES string of the molecule is CC1(C(=O)NCC(O)C(N)=O)CCNC1. The minimum atomic E-state index is -1.31. The van der Waals surface area contributed by atoms with Crippen molar-refractivity contribution in [3.8, 4) is 0 Å². The molecule has 0 aromatic heterocycles. The molecule has 5 N–H and O–H groups in total. The highest BCUT2D eigenvalue weighted by Gasteiger charge is 2.36. The van der Waals surface area contributed by atoms with Crippen LogP contribution in [0, 0.1) is 5.41 Å². The summed E-state index contributed by atoms with van der Waals surface area (Å²) in [5.41, 5.74) is 4.41. The molecule has 1 heterocycles. The molecule has 0 bridgehead atoms. The van der Waals surface area contributed by atoms with Crippen LogP contribution in [0.5, 0.6) is 0 Å². The molecule has 0 aromatic rings. The predicted molar refractivity (Wildman–Crippen MR) is 53.8 cm³/mol. The van der Waals surface area contributed by atoms with E-state index in [-0.39, 0.29) is 12.5 Å². The molecule has 1 saturated heterocycles. The summed E-state index contributed by atoms with van der Waals surface area (Å²) in [7, 11) is 0. The molecule has 0 radical (unpaired) electrons. The summed E-state index contributed by atoms with van der Waals surface area (Å²) >= 11 is 0. The topological polar surface area (TPSA) is 104 Å². The van der Waals surface area contributed by atoms with Crippen molar-refractivity contribution in [2.45, 2.75) is 19.4 Å². The number of hydrogen-bond donors (Lipinski definition) is 4. The third kappa shape index (κ3) is 2.90. The van der Waals surface area contributed by atoms with Gasteiger partial charge in [0, 0.05) is 6.54 Å². The lowest BCUT2D eigenvalue weighted by molar-refractivity contribution is -0.131. The first-order chi connectivity index (χ1) is 6.96. The van der Waals surface area contributed by atoms with E-state index in [1.807, 2.05) is 6.92 Å². The molecule has 86 valence electrons. The Kier molecular flexibility index (Phi) is 3.65. The monoisotopic (exact) mass is 215 g/mol. The average Bonchev–Trinajstić information content (AvgIpc) is 2.62. The van der Waals surface area contributed by atoms with Crippen LogP contribution in [0.25, 0.3) is 0 Å². The average molecular weight is 215 g/mol. The number of carbonyl (C=O) groups excluding carboxylic acids is 2. The van der Waals surface area contributed by atoms with Crippen molar-refractivity contribution in [2.24, 2.45) is 11.1 Å². The van der Waals surface area contributed by atoms with Crippen molar-refractivity contribution in [1.29, 1.82) is 0 Å². The highest BCUT2D eigenvalue weighted by molar-refractivity contribution is 5.84. The maximum atomic E-state index is 11.7. The van der Waals surface area contributed by atoms with Gasteiger partial charge in [-0.15, -0.1) is 0 Å². The molecule has 2 amide bonds. The molecule has 1 aliphatic heterocycles. The van der Waals surface area contributed by atoms with Gasteiger partial charge in [-0.25, -0.2) is 0 Å². The number of aliphatic hydroxyl groups excluding tert-OH is 1. The third-order valence-corrected chi connectivity index (χ3v) is 2.70. The molecular formula is C9H17N3O3. The first-order valence-corrected chi connectivity index (χ1v) is 4.92. The molecule has 6 heteroatoms. The molecule has 1 aliphatic rings. The second-order valence-corrected chi connectivity index (χ2v) is 4.12. The van der Waals surface area contributed by atoms with E-state index < -0.39 is 17.4 Å². The predicted octanol–water partition coefficient (Wildman–Crippen LogP) is -2.05. The van der Waals surface area contributed by atoms with E-state index in [0.717, 1.165) is 13.0 Å². The zero-order valence-electron chi connectivity index (χ0n) is 8.75. The number of aliphatic hydroxyl groups is 1. The Balaban J connectivity index is 2.39. The van der Waals surface area contributed by atoms with Gasteiger partial charge >= 0.3 is 0 Å². The molecule has 2 unspecified atom stereocenters. The summed E-state index contributed by atoms with van der Waals surface area (Å²) in [6.07, 6.45) is -0.558. The molecule has 2 atom stereocenters. The third-order valence-electron chi connectivity index (χ3n) is 2.70. The van der Waals surface area contributed by atoms with Gasteiger partial charge in [0.05, 0.1) is 12.0 Å². The Morgan fingerprint density at radius 1 is 1.67 bits per heavy atom.